The highest BCUT2D eigenvalue weighted by atomic mass is 32.2. The molecule has 0 aliphatic carbocycles. The molecular formula is C63H120O9S6. The molecule has 0 saturated carbocycles. The van der Waals surface area contributed by atoms with Crippen LogP contribution < -0.4 is 0 Å². The van der Waals surface area contributed by atoms with Crippen molar-refractivity contribution >= 4 is 123 Å². The van der Waals surface area contributed by atoms with Gasteiger partial charge in [-0.1, -0.05) is 125 Å². The highest BCUT2D eigenvalue weighted by Gasteiger charge is 2.19. The molecule has 78 heavy (non-hydrogen) atoms. The molecule has 0 heterocycles. The summed E-state index contributed by atoms with van der Waals surface area (Å²) in [6.45, 7) is 36.1. The Morgan fingerprint density at radius 2 is 0.346 bits per heavy atom. The van der Waals surface area contributed by atoms with Crippen molar-refractivity contribution < 1.29 is 43.2 Å². The van der Waals surface area contributed by atoms with Crippen LogP contribution in [0.1, 0.15) is 202 Å². The fourth-order valence-corrected chi connectivity index (χ4v) is 10.5. The fraction of sp³-hybridized carbons (Fsp3) is 0.857. The average Bonchev–Trinajstić information content (AvgIpc) is 3.37. The van der Waals surface area contributed by atoms with Gasteiger partial charge < -0.3 is 0 Å². The Balaban J connectivity index is -0.000000200. The molecule has 0 aromatic rings. The van der Waals surface area contributed by atoms with Crippen molar-refractivity contribution in [1.82, 2.24) is 0 Å². The van der Waals surface area contributed by atoms with E-state index >= 15 is 0 Å². The Hall–Kier alpha value is -0.870. The lowest BCUT2D eigenvalue weighted by Gasteiger charge is -2.09. The van der Waals surface area contributed by atoms with E-state index in [1.54, 1.807) is 70.6 Å². The maximum Gasteiger partial charge on any atom is 0.136 e. The molecule has 0 aromatic carbocycles. The third kappa shape index (κ3) is 59.7. The van der Waals surface area contributed by atoms with Crippen LogP contribution in [0.25, 0.3) is 0 Å². The predicted octanol–water partition coefficient (Wildman–Crippen LogP) is 16.7. The van der Waals surface area contributed by atoms with Gasteiger partial charge in [-0.25, -0.2) is 0 Å². The summed E-state index contributed by atoms with van der Waals surface area (Å²) in [7, 11) is 0. The van der Waals surface area contributed by atoms with Gasteiger partial charge >= 0.3 is 0 Å². The van der Waals surface area contributed by atoms with Crippen LogP contribution in [0.4, 0.5) is 0 Å². The lowest BCUT2D eigenvalue weighted by Crippen LogP contribution is -2.16. The maximum atomic E-state index is 11.5. The predicted molar refractivity (Wildman–Crippen MR) is 355 cm³/mol. The number of hydrogen-bond donors (Lipinski definition) is 0. The Bertz CT molecular complexity index is 1400. The highest BCUT2D eigenvalue weighted by molar-refractivity contribution is 7.99. The van der Waals surface area contributed by atoms with Crippen LogP contribution in [0, 0.1) is 71.0 Å². The van der Waals surface area contributed by atoms with Gasteiger partial charge in [0.1, 0.15) is 52.0 Å². The van der Waals surface area contributed by atoms with Crippen LogP contribution in [0.3, 0.4) is 0 Å². The number of hydrogen-bond acceptors (Lipinski definition) is 15. The van der Waals surface area contributed by atoms with Crippen LogP contribution in [0.15, 0.2) is 0 Å². The molecule has 0 amide bonds. The minimum atomic E-state index is 0.0543. The average molecular weight is 1210 g/mol. The van der Waals surface area contributed by atoms with Crippen LogP contribution >= 0.6 is 70.6 Å². The molecule has 0 aliphatic rings. The molecular weight excluding hydrogens is 1090 g/mol. The van der Waals surface area contributed by atoms with E-state index in [2.05, 4.69) is 41.5 Å². The summed E-state index contributed by atoms with van der Waals surface area (Å²) >= 11 is 10.3. The molecule has 0 fully saturated rings. The molecule has 0 rings (SSSR count). The molecule has 462 valence electrons. The van der Waals surface area contributed by atoms with Gasteiger partial charge in [0.15, 0.2) is 0 Å². The number of Topliss-reactive ketones (excluding diaryl/α,β-unsaturated/α-hetero) is 9. The lowest BCUT2D eigenvalue weighted by atomic mass is 9.99. The third-order valence-corrected chi connectivity index (χ3v) is 17.5. The van der Waals surface area contributed by atoms with Gasteiger partial charge in [-0.2, -0.15) is 70.6 Å². The topological polar surface area (TPSA) is 154 Å². The van der Waals surface area contributed by atoms with E-state index in [0.717, 1.165) is 73.0 Å². The first-order valence-corrected chi connectivity index (χ1v) is 37.2. The number of carbonyl (C=O) groups is 9. The molecule has 0 N–H and O–H groups in total. The van der Waals surface area contributed by atoms with Crippen molar-refractivity contribution in [1.29, 1.82) is 0 Å². The number of ketones is 9. The standard InChI is InChI=1S/3C11H20O2S.3C10H20OS/c3*1-8(2)10(12)5-6-11(13)9(3)7-14-4;3*1-8(2)5-6-10(11)9(3)7-12-4/h3*8-9H,5-7H2,1-4H3;3*8-9H,5-7H2,1-4H3. The summed E-state index contributed by atoms with van der Waals surface area (Å²) in [6.07, 6.45) is 20.0. The van der Waals surface area contributed by atoms with Crippen molar-refractivity contribution in [3.8, 4) is 0 Å². The highest BCUT2D eigenvalue weighted by Crippen LogP contribution is 2.17. The molecule has 6 atom stereocenters. The van der Waals surface area contributed by atoms with Gasteiger partial charge in [0.05, 0.1) is 0 Å². The van der Waals surface area contributed by atoms with Crippen LogP contribution in [-0.2, 0) is 43.2 Å². The van der Waals surface area contributed by atoms with E-state index in [4.69, 9.17) is 0 Å². The lowest BCUT2D eigenvalue weighted by molar-refractivity contribution is -0.127. The molecule has 0 aromatic heterocycles. The molecule has 0 aliphatic heterocycles. The minimum absolute atomic E-state index is 0.0543. The first-order chi connectivity index (χ1) is 36.2. The van der Waals surface area contributed by atoms with Gasteiger partial charge in [-0.15, -0.1) is 0 Å². The second-order valence-corrected chi connectivity index (χ2v) is 28.6. The SMILES string of the molecule is CSCC(C)C(=O)CCC(=O)C(C)C.CSCC(C)C(=O)CCC(=O)C(C)C.CSCC(C)C(=O)CCC(=O)C(C)C.CSCC(C)C(=O)CCC(C)C.CSCC(C)C(=O)CCC(C)C.CSCC(C)C(=O)CCC(C)C. The van der Waals surface area contributed by atoms with E-state index < -0.39 is 0 Å². The Kier molecular flexibility index (Phi) is 65.6. The summed E-state index contributed by atoms with van der Waals surface area (Å²) in [4.78, 5) is 103. The summed E-state index contributed by atoms with van der Waals surface area (Å²) in [5.41, 5.74) is 0. The van der Waals surface area contributed by atoms with Gasteiger partial charge in [-0.05, 0) is 74.6 Å². The van der Waals surface area contributed by atoms with E-state index in [-0.39, 0.29) is 88.0 Å². The van der Waals surface area contributed by atoms with Crippen molar-refractivity contribution in [2.45, 2.75) is 202 Å². The first-order valence-electron chi connectivity index (χ1n) is 28.9. The number of carbonyl (C=O) groups excluding carboxylic acids is 9. The molecule has 15 heteroatoms. The Labute approximate surface area is 507 Å². The van der Waals surface area contributed by atoms with E-state index in [9.17, 15) is 43.2 Å². The van der Waals surface area contributed by atoms with Crippen LogP contribution in [0.5, 0.6) is 0 Å². The first kappa shape index (κ1) is 88.4. The molecule has 0 spiro atoms. The smallest absolute Gasteiger partial charge is 0.136 e. The second-order valence-electron chi connectivity index (χ2n) is 23.1. The summed E-state index contributed by atoms with van der Waals surface area (Å²) < 4.78 is 0. The quantitative estimate of drug-likeness (QED) is 0.0573. The van der Waals surface area contributed by atoms with E-state index in [1.165, 1.54) is 0 Å². The van der Waals surface area contributed by atoms with Crippen molar-refractivity contribution in [3.05, 3.63) is 0 Å². The van der Waals surface area contributed by atoms with Crippen LogP contribution in [0.2, 0.25) is 0 Å². The van der Waals surface area contributed by atoms with Gasteiger partial charge in [0, 0.05) is 146 Å². The normalized spacial score (nSPS) is 13.2. The zero-order chi connectivity index (χ0) is 62.1. The maximum absolute atomic E-state index is 11.5. The summed E-state index contributed by atoms with van der Waals surface area (Å²) in [5, 5.41) is 0. The second kappa shape index (κ2) is 57.9. The van der Waals surface area contributed by atoms with Crippen LogP contribution in [-0.4, -0.2) is 124 Å². The van der Waals surface area contributed by atoms with Gasteiger partial charge in [0.25, 0.3) is 0 Å². The van der Waals surface area contributed by atoms with E-state index in [1.807, 2.05) is 121 Å². The molecule has 0 saturated heterocycles. The molecule has 9 nitrogen and oxygen atoms in total. The number of rotatable bonds is 39. The van der Waals surface area contributed by atoms with Crippen molar-refractivity contribution in [2.75, 3.05) is 72.1 Å². The van der Waals surface area contributed by atoms with Crippen molar-refractivity contribution in [2.24, 2.45) is 71.0 Å². The third-order valence-electron chi connectivity index (χ3n) is 12.5. The zero-order valence-electron chi connectivity index (χ0n) is 54.3. The Morgan fingerprint density at radius 3 is 0.462 bits per heavy atom. The number of thioether (sulfide) groups is 6. The minimum Gasteiger partial charge on any atom is -0.299 e. The zero-order valence-corrected chi connectivity index (χ0v) is 59.2. The van der Waals surface area contributed by atoms with Gasteiger partial charge in [-0.3, -0.25) is 43.2 Å². The monoisotopic (exact) mass is 1210 g/mol. The summed E-state index contributed by atoms with van der Waals surface area (Å²) in [5.74, 6) is 11.1. The molecule has 0 radical (unpaired) electrons. The van der Waals surface area contributed by atoms with E-state index in [0.29, 0.717) is 73.6 Å². The Morgan fingerprint density at radius 1 is 0.218 bits per heavy atom. The summed E-state index contributed by atoms with van der Waals surface area (Å²) in [6, 6.07) is 0. The largest absolute Gasteiger partial charge is 0.299 e. The molecule has 0 bridgehead atoms. The van der Waals surface area contributed by atoms with Gasteiger partial charge in [0.2, 0.25) is 0 Å². The fourth-order valence-electron chi connectivity index (χ4n) is 6.43. The van der Waals surface area contributed by atoms with Crippen molar-refractivity contribution in [3.63, 3.8) is 0 Å². The molecule has 6 unspecified atom stereocenters.